The Labute approximate surface area is 182 Å². The van der Waals surface area contributed by atoms with E-state index in [0.717, 1.165) is 29.0 Å². The number of halogens is 1. The van der Waals surface area contributed by atoms with Crippen LogP contribution in [-0.4, -0.2) is 70.3 Å². The normalized spacial score (nSPS) is 17.0. The van der Waals surface area contributed by atoms with E-state index in [9.17, 15) is 14.4 Å². The van der Waals surface area contributed by atoms with Gasteiger partial charge in [0.1, 0.15) is 0 Å². The highest BCUT2D eigenvalue weighted by atomic mass is 79.9. The average molecular weight is 475 g/mol. The molecule has 3 amide bonds. The Morgan fingerprint density at radius 1 is 1.10 bits per heavy atom. The Hall–Kier alpha value is -2.52. The monoisotopic (exact) mass is 474 g/mol. The third kappa shape index (κ3) is 4.32. The lowest BCUT2D eigenvalue weighted by Crippen LogP contribution is -2.48. The van der Waals surface area contributed by atoms with Gasteiger partial charge in [-0.15, -0.1) is 0 Å². The van der Waals surface area contributed by atoms with Gasteiger partial charge in [0, 0.05) is 49.7 Å². The van der Waals surface area contributed by atoms with Gasteiger partial charge in [-0.3, -0.25) is 24.2 Å². The minimum atomic E-state index is -0.292. The molecule has 0 aliphatic carbocycles. The van der Waals surface area contributed by atoms with Crippen molar-refractivity contribution in [3.63, 3.8) is 0 Å². The Morgan fingerprint density at radius 2 is 1.83 bits per heavy atom. The minimum absolute atomic E-state index is 0.0597. The molecule has 0 N–H and O–H groups in total. The van der Waals surface area contributed by atoms with Crippen LogP contribution in [0.1, 0.15) is 45.0 Å². The minimum Gasteiger partial charge on any atom is -0.360 e. The van der Waals surface area contributed by atoms with Crippen LogP contribution in [0.5, 0.6) is 0 Å². The van der Waals surface area contributed by atoms with E-state index < -0.39 is 0 Å². The van der Waals surface area contributed by atoms with Gasteiger partial charge < -0.3 is 9.42 Å². The predicted molar refractivity (Wildman–Crippen MR) is 112 cm³/mol. The molecule has 4 rings (SSSR count). The van der Waals surface area contributed by atoms with Gasteiger partial charge >= 0.3 is 0 Å². The molecular formula is C21H23BrN4O4. The Bertz CT molecular complexity index is 981. The number of piperazine rings is 1. The number of imide groups is 1. The fraction of sp³-hybridized carbons (Fsp3) is 0.429. The third-order valence-electron chi connectivity index (χ3n) is 5.49. The maximum atomic E-state index is 12.6. The number of carbonyl (C=O) groups is 3. The molecule has 0 unspecified atom stereocenters. The van der Waals surface area contributed by atoms with Crippen LogP contribution in [0, 0.1) is 6.92 Å². The zero-order chi connectivity index (χ0) is 21.3. The molecule has 9 heteroatoms. The van der Waals surface area contributed by atoms with Gasteiger partial charge in [0.2, 0.25) is 5.91 Å². The highest BCUT2D eigenvalue weighted by Gasteiger charge is 2.35. The van der Waals surface area contributed by atoms with Crippen molar-refractivity contribution in [3.8, 4) is 0 Å². The summed E-state index contributed by atoms with van der Waals surface area (Å²) < 4.78 is 6.02. The second-order valence-electron chi connectivity index (χ2n) is 7.65. The molecule has 0 saturated carbocycles. The lowest BCUT2D eigenvalue weighted by Gasteiger charge is -2.34. The second kappa shape index (κ2) is 8.69. The molecule has 30 heavy (non-hydrogen) atoms. The van der Waals surface area contributed by atoms with Crippen LogP contribution in [0.25, 0.3) is 0 Å². The Morgan fingerprint density at radius 3 is 2.53 bits per heavy atom. The number of hydrogen-bond acceptors (Lipinski definition) is 6. The highest BCUT2D eigenvalue weighted by molar-refractivity contribution is 9.10. The van der Waals surface area contributed by atoms with Crippen molar-refractivity contribution in [3.05, 3.63) is 51.3 Å². The molecular weight excluding hydrogens is 452 g/mol. The maximum Gasteiger partial charge on any atom is 0.261 e. The summed E-state index contributed by atoms with van der Waals surface area (Å²) in [6, 6.07) is 7.00. The van der Waals surface area contributed by atoms with Crippen LogP contribution in [0.15, 0.2) is 33.3 Å². The number of fused-ring (bicyclic) bond motifs is 1. The quantitative estimate of drug-likeness (QED) is 0.597. The lowest BCUT2D eigenvalue weighted by atomic mass is 10.1. The molecule has 158 valence electrons. The number of carbonyl (C=O) groups excluding carboxylic acids is 3. The van der Waals surface area contributed by atoms with Gasteiger partial charge in [-0.05, 0) is 31.5 Å². The smallest absolute Gasteiger partial charge is 0.261 e. The van der Waals surface area contributed by atoms with Crippen molar-refractivity contribution < 1.29 is 18.9 Å². The molecule has 0 spiro atoms. The van der Waals surface area contributed by atoms with E-state index in [1.54, 1.807) is 18.2 Å². The standard InChI is InChI=1S/C21H23BrN4O4/c1-14-11-16(30-23-14)13-24-7-9-25(10-8-24)19(27)3-2-6-26-20(28)17-5-4-15(22)12-18(17)21(26)29/h4-5,11-12H,2-3,6-10,13H2,1H3. The summed E-state index contributed by atoms with van der Waals surface area (Å²) in [6.45, 7) is 5.71. The zero-order valence-corrected chi connectivity index (χ0v) is 18.4. The second-order valence-corrected chi connectivity index (χ2v) is 8.56. The highest BCUT2D eigenvalue weighted by Crippen LogP contribution is 2.26. The van der Waals surface area contributed by atoms with Gasteiger partial charge in [0.15, 0.2) is 5.76 Å². The molecule has 0 atom stereocenters. The SMILES string of the molecule is Cc1cc(CN2CCN(C(=O)CCCN3C(=O)c4ccc(Br)cc4C3=O)CC2)on1. The van der Waals surface area contributed by atoms with E-state index in [1.807, 2.05) is 17.9 Å². The summed E-state index contributed by atoms with van der Waals surface area (Å²) in [7, 11) is 0. The first-order valence-corrected chi connectivity index (χ1v) is 10.8. The first kappa shape index (κ1) is 20.7. The first-order valence-electron chi connectivity index (χ1n) is 10.0. The van der Waals surface area contributed by atoms with Gasteiger partial charge in [-0.1, -0.05) is 21.1 Å². The number of aromatic nitrogens is 1. The van der Waals surface area contributed by atoms with E-state index in [2.05, 4.69) is 26.0 Å². The molecule has 3 heterocycles. The van der Waals surface area contributed by atoms with Crippen LogP contribution < -0.4 is 0 Å². The average Bonchev–Trinajstić information content (AvgIpc) is 3.24. The Balaban J connectivity index is 1.22. The summed E-state index contributed by atoms with van der Waals surface area (Å²) in [5, 5.41) is 3.90. The molecule has 0 radical (unpaired) electrons. The summed E-state index contributed by atoms with van der Waals surface area (Å²) in [5.74, 6) is 0.316. The van der Waals surface area contributed by atoms with E-state index in [-0.39, 0.29) is 24.3 Å². The molecule has 8 nitrogen and oxygen atoms in total. The topological polar surface area (TPSA) is 87.0 Å². The summed E-state index contributed by atoms with van der Waals surface area (Å²) >= 11 is 3.33. The van der Waals surface area contributed by atoms with Gasteiger partial charge in [0.25, 0.3) is 11.8 Å². The number of aryl methyl sites for hydroxylation is 1. The van der Waals surface area contributed by atoms with Gasteiger partial charge in [-0.2, -0.15) is 0 Å². The fourth-order valence-corrected chi connectivity index (χ4v) is 4.24. The summed E-state index contributed by atoms with van der Waals surface area (Å²) in [4.78, 5) is 42.8. The number of amides is 3. The zero-order valence-electron chi connectivity index (χ0n) is 16.8. The Kier molecular flexibility index (Phi) is 6.01. The molecule has 1 aromatic carbocycles. The van der Waals surface area contributed by atoms with Crippen LogP contribution >= 0.6 is 15.9 Å². The van der Waals surface area contributed by atoms with Crippen LogP contribution in [0.4, 0.5) is 0 Å². The third-order valence-corrected chi connectivity index (χ3v) is 5.98. The van der Waals surface area contributed by atoms with Crippen molar-refractivity contribution in [1.29, 1.82) is 0 Å². The van der Waals surface area contributed by atoms with E-state index in [4.69, 9.17) is 4.52 Å². The number of nitrogens with zero attached hydrogens (tertiary/aromatic N) is 4. The van der Waals surface area contributed by atoms with E-state index in [1.165, 1.54) is 4.90 Å². The van der Waals surface area contributed by atoms with Crippen LogP contribution in [-0.2, 0) is 11.3 Å². The molecule has 1 fully saturated rings. The fourth-order valence-electron chi connectivity index (χ4n) is 3.88. The number of rotatable bonds is 6. The van der Waals surface area contributed by atoms with Crippen molar-refractivity contribution in [1.82, 2.24) is 19.9 Å². The van der Waals surface area contributed by atoms with Crippen molar-refractivity contribution >= 4 is 33.7 Å². The lowest BCUT2D eigenvalue weighted by molar-refractivity contribution is -0.133. The molecule has 1 saturated heterocycles. The van der Waals surface area contributed by atoms with Gasteiger partial charge in [0.05, 0.1) is 23.4 Å². The molecule has 0 bridgehead atoms. The predicted octanol–water partition coefficient (Wildman–Crippen LogP) is 2.47. The molecule has 2 aliphatic heterocycles. The van der Waals surface area contributed by atoms with E-state index >= 15 is 0 Å². The van der Waals surface area contributed by atoms with Gasteiger partial charge in [-0.25, -0.2) is 0 Å². The largest absolute Gasteiger partial charge is 0.360 e. The van der Waals surface area contributed by atoms with Crippen molar-refractivity contribution in [2.45, 2.75) is 26.3 Å². The molecule has 2 aromatic rings. The number of benzene rings is 1. The summed E-state index contributed by atoms with van der Waals surface area (Å²) in [5.41, 5.74) is 1.70. The van der Waals surface area contributed by atoms with Crippen LogP contribution in [0.2, 0.25) is 0 Å². The van der Waals surface area contributed by atoms with E-state index in [0.29, 0.717) is 43.6 Å². The number of hydrogen-bond donors (Lipinski definition) is 0. The molecule has 2 aliphatic rings. The molecule has 1 aromatic heterocycles. The van der Waals surface area contributed by atoms with Crippen molar-refractivity contribution in [2.75, 3.05) is 32.7 Å². The maximum absolute atomic E-state index is 12.6. The first-order chi connectivity index (χ1) is 14.4. The van der Waals surface area contributed by atoms with Crippen LogP contribution in [0.3, 0.4) is 0 Å². The van der Waals surface area contributed by atoms with Crippen molar-refractivity contribution in [2.24, 2.45) is 0 Å². The summed E-state index contributed by atoms with van der Waals surface area (Å²) in [6.07, 6.45) is 0.779.